The minimum atomic E-state index is -1.03. The monoisotopic (exact) mass is 302 g/mol. The second-order valence-corrected chi connectivity index (χ2v) is 6.36. The highest BCUT2D eigenvalue weighted by atomic mass is 32.2. The van der Waals surface area contributed by atoms with Crippen LogP contribution in [-0.4, -0.2) is 35.7 Å². The van der Waals surface area contributed by atoms with Crippen molar-refractivity contribution in [1.29, 1.82) is 0 Å². The Morgan fingerprint density at radius 1 is 1.63 bits per heavy atom. The van der Waals surface area contributed by atoms with Gasteiger partial charge in [-0.2, -0.15) is 23.1 Å². The molecule has 2 atom stereocenters. The van der Waals surface area contributed by atoms with Crippen molar-refractivity contribution >= 4 is 29.1 Å². The lowest BCUT2D eigenvalue weighted by Gasteiger charge is -2.24. The number of amides is 2. The van der Waals surface area contributed by atoms with Crippen molar-refractivity contribution < 1.29 is 9.90 Å². The average molecular weight is 302 g/mol. The van der Waals surface area contributed by atoms with E-state index in [0.29, 0.717) is 0 Å². The molecule has 3 N–H and O–H groups in total. The van der Waals surface area contributed by atoms with E-state index in [-0.39, 0.29) is 18.6 Å². The van der Waals surface area contributed by atoms with Crippen LogP contribution in [-0.2, 0) is 5.60 Å². The number of rotatable bonds is 7. The zero-order valence-corrected chi connectivity index (χ0v) is 13.2. The van der Waals surface area contributed by atoms with Gasteiger partial charge in [0.15, 0.2) is 0 Å². The Bertz CT molecular complexity index is 380. The maximum absolute atomic E-state index is 11.8. The van der Waals surface area contributed by atoms with E-state index in [1.54, 1.807) is 18.7 Å². The number of aliphatic hydroxyl groups is 1. The van der Waals surface area contributed by atoms with Gasteiger partial charge in [0.1, 0.15) is 5.60 Å². The number of carbonyl (C=O) groups is 1. The van der Waals surface area contributed by atoms with Gasteiger partial charge in [0, 0.05) is 11.8 Å². The van der Waals surface area contributed by atoms with Crippen LogP contribution in [0.1, 0.15) is 25.8 Å². The van der Waals surface area contributed by atoms with Crippen LogP contribution in [0.2, 0.25) is 0 Å². The lowest BCUT2D eigenvalue weighted by Crippen LogP contribution is -2.47. The van der Waals surface area contributed by atoms with Gasteiger partial charge >= 0.3 is 6.03 Å². The van der Waals surface area contributed by atoms with E-state index in [1.807, 2.05) is 30.0 Å². The first-order valence-electron chi connectivity index (χ1n) is 6.28. The Kier molecular flexibility index (Phi) is 6.68. The molecule has 6 heteroatoms. The predicted octanol–water partition coefficient (Wildman–Crippen LogP) is 2.40. The molecular weight excluding hydrogens is 280 g/mol. The van der Waals surface area contributed by atoms with Gasteiger partial charge in [-0.25, -0.2) is 4.79 Å². The van der Waals surface area contributed by atoms with Gasteiger partial charge in [0.05, 0.1) is 6.54 Å². The fraction of sp³-hybridized carbons (Fsp3) is 0.615. The second kappa shape index (κ2) is 7.77. The number of hydrogen-bond donors (Lipinski definition) is 3. The first-order chi connectivity index (χ1) is 8.99. The molecule has 108 valence electrons. The summed E-state index contributed by atoms with van der Waals surface area (Å²) in [6.07, 6.45) is 2.92. The molecule has 19 heavy (non-hydrogen) atoms. The zero-order valence-electron chi connectivity index (χ0n) is 11.6. The van der Waals surface area contributed by atoms with E-state index in [9.17, 15) is 9.90 Å². The molecule has 0 aliphatic rings. The molecule has 0 saturated carbocycles. The fourth-order valence-electron chi connectivity index (χ4n) is 1.62. The summed E-state index contributed by atoms with van der Waals surface area (Å²) in [6.45, 7) is 3.95. The summed E-state index contributed by atoms with van der Waals surface area (Å²) < 4.78 is 0. The highest BCUT2D eigenvalue weighted by Gasteiger charge is 2.24. The van der Waals surface area contributed by atoms with Crippen LogP contribution in [0.15, 0.2) is 16.8 Å². The summed E-state index contributed by atoms with van der Waals surface area (Å²) in [6, 6.07) is 1.81. The highest BCUT2D eigenvalue weighted by molar-refractivity contribution is 7.98. The van der Waals surface area contributed by atoms with Crippen molar-refractivity contribution in [3.63, 3.8) is 0 Å². The van der Waals surface area contributed by atoms with Gasteiger partial charge < -0.3 is 15.7 Å². The maximum Gasteiger partial charge on any atom is 0.315 e. The lowest BCUT2D eigenvalue weighted by atomic mass is 9.99. The molecule has 0 aliphatic heterocycles. The van der Waals surface area contributed by atoms with E-state index in [1.165, 1.54) is 11.3 Å². The van der Waals surface area contributed by atoms with Crippen molar-refractivity contribution in [2.45, 2.75) is 31.9 Å². The van der Waals surface area contributed by atoms with E-state index in [2.05, 4.69) is 10.6 Å². The van der Waals surface area contributed by atoms with Crippen LogP contribution in [0, 0.1) is 0 Å². The molecule has 0 aromatic carbocycles. The molecule has 2 unspecified atom stereocenters. The van der Waals surface area contributed by atoms with Crippen LogP contribution in [0.5, 0.6) is 0 Å². The average Bonchev–Trinajstić information content (AvgIpc) is 2.90. The number of urea groups is 1. The first kappa shape index (κ1) is 16.3. The molecule has 0 spiro atoms. The molecule has 0 fully saturated rings. The van der Waals surface area contributed by atoms with Gasteiger partial charge in [-0.05, 0) is 42.0 Å². The summed E-state index contributed by atoms with van der Waals surface area (Å²) in [7, 11) is 0. The van der Waals surface area contributed by atoms with Crippen molar-refractivity contribution in [3.8, 4) is 0 Å². The number of thioether (sulfide) groups is 1. The van der Waals surface area contributed by atoms with E-state index in [4.69, 9.17) is 0 Å². The van der Waals surface area contributed by atoms with Crippen LogP contribution < -0.4 is 10.6 Å². The largest absolute Gasteiger partial charge is 0.384 e. The number of nitrogens with one attached hydrogen (secondary N) is 2. The SMILES string of the molecule is CCC(CSC)NC(=O)NCC(C)(O)c1ccsc1. The van der Waals surface area contributed by atoms with E-state index >= 15 is 0 Å². The van der Waals surface area contributed by atoms with E-state index in [0.717, 1.165) is 17.7 Å². The summed E-state index contributed by atoms with van der Waals surface area (Å²) in [5.41, 5.74) is -0.201. The molecular formula is C13H22N2O2S2. The Labute approximate surface area is 123 Å². The number of carbonyl (C=O) groups excluding carboxylic acids is 1. The minimum Gasteiger partial charge on any atom is -0.384 e. The Morgan fingerprint density at radius 2 is 2.37 bits per heavy atom. The first-order valence-corrected chi connectivity index (χ1v) is 8.61. The molecule has 1 rings (SSSR count). The van der Waals surface area contributed by atoms with Crippen molar-refractivity contribution in [3.05, 3.63) is 22.4 Å². The molecule has 1 heterocycles. The number of hydrogen-bond acceptors (Lipinski definition) is 4. The normalized spacial score (nSPS) is 15.6. The molecule has 0 saturated heterocycles. The Hall–Kier alpha value is -0.720. The molecule has 0 bridgehead atoms. The third kappa shape index (κ3) is 5.42. The molecule has 2 amide bonds. The van der Waals surface area contributed by atoms with E-state index < -0.39 is 5.60 Å². The zero-order chi connectivity index (χ0) is 14.3. The van der Waals surface area contributed by atoms with Gasteiger partial charge in [0.25, 0.3) is 0 Å². The van der Waals surface area contributed by atoms with Crippen molar-refractivity contribution in [1.82, 2.24) is 10.6 Å². The molecule has 4 nitrogen and oxygen atoms in total. The predicted molar refractivity (Wildman–Crippen MR) is 82.9 cm³/mol. The van der Waals surface area contributed by atoms with Crippen molar-refractivity contribution in [2.24, 2.45) is 0 Å². The highest BCUT2D eigenvalue weighted by Crippen LogP contribution is 2.21. The maximum atomic E-state index is 11.8. The molecule has 0 aliphatic carbocycles. The summed E-state index contributed by atoms with van der Waals surface area (Å²) in [4.78, 5) is 11.8. The molecule has 1 aromatic heterocycles. The lowest BCUT2D eigenvalue weighted by molar-refractivity contribution is 0.0597. The van der Waals surface area contributed by atoms with Gasteiger partial charge in [0.2, 0.25) is 0 Å². The molecule has 1 aromatic rings. The third-order valence-corrected chi connectivity index (χ3v) is 4.35. The summed E-state index contributed by atoms with van der Waals surface area (Å²) in [5.74, 6) is 0.894. The van der Waals surface area contributed by atoms with Crippen LogP contribution in [0.3, 0.4) is 0 Å². The summed E-state index contributed by atoms with van der Waals surface area (Å²) >= 11 is 3.24. The smallest absolute Gasteiger partial charge is 0.315 e. The minimum absolute atomic E-state index is 0.168. The van der Waals surface area contributed by atoms with Gasteiger partial charge in [-0.15, -0.1) is 0 Å². The molecule has 0 radical (unpaired) electrons. The fourth-order valence-corrected chi connectivity index (χ4v) is 3.13. The quantitative estimate of drug-likeness (QED) is 0.725. The Morgan fingerprint density at radius 3 is 2.89 bits per heavy atom. The third-order valence-electron chi connectivity index (χ3n) is 2.93. The second-order valence-electron chi connectivity index (χ2n) is 4.67. The van der Waals surface area contributed by atoms with Gasteiger partial charge in [-0.1, -0.05) is 6.92 Å². The van der Waals surface area contributed by atoms with Crippen LogP contribution in [0.4, 0.5) is 4.79 Å². The summed E-state index contributed by atoms with van der Waals surface area (Å²) in [5, 5.41) is 19.7. The topological polar surface area (TPSA) is 61.4 Å². The standard InChI is InChI=1S/C13H22N2O2S2/c1-4-11(8-18-3)15-12(16)14-9-13(2,17)10-5-6-19-7-10/h5-7,11,17H,4,8-9H2,1-3H3,(H2,14,15,16). The van der Waals surface area contributed by atoms with Crippen LogP contribution >= 0.6 is 23.1 Å². The number of thiophene rings is 1. The van der Waals surface area contributed by atoms with Gasteiger partial charge in [-0.3, -0.25) is 0 Å². The van der Waals surface area contributed by atoms with Crippen LogP contribution in [0.25, 0.3) is 0 Å². The van der Waals surface area contributed by atoms with Crippen molar-refractivity contribution in [2.75, 3.05) is 18.6 Å². The Balaban J connectivity index is 2.41.